The summed E-state index contributed by atoms with van der Waals surface area (Å²) in [4.78, 5) is 37.2. The zero-order chi connectivity index (χ0) is 24.6. The molecule has 2 aliphatic rings. The quantitative estimate of drug-likeness (QED) is 0.645. The number of pyridine rings is 1. The predicted octanol–water partition coefficient (Wildman–Crippen LogP) is 2.19. The number of piperazine rings is 1. The molecule has 2 fully saturated rings. The van der Waals surface area contributed by atoms with Crippen molar-refractivity contribution in [3.8, 4) is 0 Å². The van der Waals surface area contributed by atoms with Gasteiger partial charge in [-0.05, 0) is 42.7 Å². The second kappa shape index (κ2) is 9.25. The molecule has 0 bridgehead atoms. The Morgan fingerprint density at radius 3 is 2.32 bits per heavy atom. The lowest BCUT2D eigenvalue weighted by Crippen LogP contribution is -2.49. The van der Waals surface area contributed by atoms with Gasteiger partial charge in [0.1, 0.15) is 5.82 Å². The number of amides is 3. The number of likely N-dealkylation sites (N-methyl/N-ethyl adjacent to an activating group) is 1. The number of carbonyl (C=O) groups excluding carboxylic acids is 2. The lowest BCUT2D eigenvalue weighted by molar-refractivity contribution is 0.0742. The van der Waals surface area contributed by atoms with Crippen molar-refractivity contribution in [2.45, 2.75) is 25.2 Å². The standard InChI is InChI=1S/C24H31N5O4S/c1-5-18-14-17(2)22(25-16-18)27-9-11-28(12-10-27)23(30)20-7-6-19(15-21(20)34(4,32)33)29-13-8-26(3)24(29)31/h6-7,14-16H,5,8-13H2,1-4H3. The van der Waals surface area contributed by atoms with Crippen LogP contribution in [0.1, 0.15) is 28.4 Å². The van der Waals surface area contributed by atoms with E-state index >= 15 is 0 Å². The molecule has 10 heteroatoms. The molecule has 0 atom stereocenters. The first-order valence-electron chi connectivity index (χ1n) is 11.5. The number of aromatic nitrogens is 1. The second-order valence-corrected chi connectivity index (χ2v) is 10.9. The summed E-state index contributed by atoms with van der Waals surface area (Å²) in [5.74, 6) is 0.605. The van der Waals surface area contributed by atoms with Gasteiger partial charge in [-0.2, -0.15) is 0 Å². The molecule has 0 unspecified atom stereocenters. The molecule has 4 rings (SSSR count). The molecule has 0 N–H and O–H groups in total. The lowest BCUT2D eigenvalue weighted by atomic mass is 10.1. The summed E-state index contributed by atoms with van der Waals surface area (Å²) in [6, 6.07) is 6.57. The van der Waals surface area contributed by atoms with Crippen LogP contribution in [-0.4, -0.2) is 87.7 Å². The topological polar surface area (TPSA) is 94.1 Å². The van der Waals surface area contributed by atoms with Gasteiger partial charge >= 0.3 is 6.03 Å². The number of hydrogen-bond donors (Lipinski definition) is 0. The summed E-state index contributed by atoms with van der Waals surface area (Å²) in [6.07, 6.45) is 3.91. The van der Waals surface area contributed by atoms with Crippen LogP contribution < -0.4 is 9.80 Å². The first-order valence-corrected chi connectivity index (χ1v) is 13.4. The van der Waals surface area contributed by atoms with E-state index < -0.39 is 9.84 Å². The van der Waals surface area contributed by atoms with Crippen LogP contribution in [0.2, 0.25) is 0 Å². The molecular formula is C24H31N5O4S. The number of rotatable bonds is 5. The molecule has 2 aliphatic heterocycles. The van der Waals surface area contributed by atoms with Crippen molar-refractivity contribution in [3.63, 3.8) is 0 Å². The van der Waals surface area contributed by atoms with Crippen LogP contribution in [0.4, 0.5) is 16.3 Å². The molecule has 2 aromatic rings. The van der Waals surface area contributed by atoms with Crippen LogP contribution in [0.25, 0.3) is 0 Å². The zero-order valence-corrected chi connectivity index (χ0v) is 20.9. The van der Waals surface area contributed by atoms with Gasteiger partial charge in [0.05, 0.1) is 10.5 Å². The van der Waals surface area contributed by atoms with Crippen LogP contribution >= 0.6 is 0 Å². The third kappa shape index (κ3) is 4.59. The fraction of sp³-hybridized carbons (Fsp3) is 0.458. The van der Waals surface area contributed by atoms with Crippen molar-refractivity contribution >= 4 is 33.3 Å². The number of nitrogens with zero attached hydrogens (tertiary/aromatic N) is 5. The van der Waals surface area contributed by atoms with Crippen LogP contribution in [-0.2, 0) is 16.3 Å². The Labute approximate surface area is 200 Å². The van der Waals surface area contributed by atoms with E-state index in [1.54, 1.807) is 22.9 Å². The largest absolute Gasteiger partial charge is 0.353 e. The molecule has 3 amide bonds. The minimum absolute atomic E-state index is 0.0487. The SMILES string of the molecule is CCc1cnc(N2CCN(C(=O)c3ccc(N4CCN(C)C4=O)cc3S(C)(=O)=O)CC2)c(C)c1. The molecule has 1 aromatic carbocycles. The van der Waals surface area contributed by atoms with Gasteiger partial charge in [0.2, 0.25) is 0 Å². The van der Waals surface area contributed by atoms with E-state index in [0.717, 1.165) is 24.1 Å². The van der Waals surface area contributed by atoms with Gasteiger partial charge in [0.25, 0.3) is 5.91 Å². The highest BCUT2D eigenvalue weighted by atomic mass is 32.2. The van der Waals surface area contributed by atoms with E-state index in [0.29, 0.717) is 45.0 Å². The van der Waals surface area contributed by atoms with Crippen LogP contribution in [0.15, 0.2) is 35.4 Å². The summed E-state index contributed by atoms with van der Waals surface area (Å²) in [5, 5.41) is 0. The number of hydrogen-bond acceptors (Lipinski definition) is 6. The summed E-state index contributed by atoms with van der Waals surface area (Å²) in [6.45, 7) is 7.35. The minimum Gasteiger partial charge on any atom is -0.353 e. The van der Waals surface area contributed by atoms with Crippen LogP contribution in [0.3, 0.4) is 0 Å². The molecule has 1 aromatic heterocycles. The molecule has 182 valence electrons. The fourth-order valence-electron chi connectivity index (χ4n) is 4.49. The van der Waals surface area contributed by atoms with Crippen LogP contribution in [0, 0.1) is 6.92 Å². The molecule has 2 saturated heterocycles. The van der Waals surface area contributed by atoms with Crippen molar-refractivity contribution < 1.29 is 18.0 Å². The van der Waals surface area contributed by atoms with Crippen molar-refractivity contribution in [1.82, 2.24) is 14.8 Å². The second-order valence-electron chi connectivity index (χ2n) is 8.93. The minimum atomic E-state index is -3.69. The molecule has 34 heavy (non-hydrogen) atoms. The van der Waals surface area contributed by atoms with E-state index in [4.69, 9.17) is 0 Å². The molecular weight excluding hydrogens is 454 g/mol. The van der Waals surface area contributed by atoms with E-state index in [2.05, 4.69) is 22.9 Å². The van der Waals surface area contributed by atoms with E-state index in [1.165, 1.54) is 22.6 Å². The maximum atomic E-state index is 13.3. The fourth-order valence-corrected chi connectivity index (χ4v) is 5.38. The molecule has 3 heterocycles. The average Bonchev–Trinajstić information content (AvgIpc) is 3.15. The highest BCUT2D eigenvalue weighted by Crippen LogP contribution is 2.28. The normalized spacial score (nSPS) is 17.0. The number of benzene rings is 1. The predicted molar refractivity (Wildman–Crippen MR) is 131 cm³/mol. The van der Waals surface area contributed by atoms with Gasteiger partial charge in [-0.1, -0.05) is 13.0 Å². The smallest absolute Gasteiger partial charge is 0.324 e. The lowest BCUT2D eigenvalue weighted by Gasteiger charge is -2.36. The Hall–Kier alpha value is -3.14. The highest BCUT2D eigenvalue weighted by Gasteiger charge is 2.31. The Bertz CT molecular complexity index is 1220. The third-order valence-corrected chi connectivity index (χ3v) is 7.64. The Balaban J connectivity index is 1.53. The van der Waals surface area contributed by atoms with Crippen molar-refractivity contribution in [2.75, 3.05) is 62.4 Å². The number of sulfone groups is 1. The Kier molecular flexibility index (Phi) is 6.53. The zero-order valence-electron chi connectivity index (χ0n) is 20.1. The number of aryl methyl sites for hydroxylation is 2. The summed E-state index contributed by atoms with van der Waals surface area (Å²) in [7, 11) is -1.98. The Morgan fingerprint density at radius 1 is 1.06 bits per heavy atom. The Morgan fingerprint density at radius 2 is 1.76 bits per heavy atom. The average molecular weight is 486 g/mol. The number of anilines is 2. The van der Waals surface area contributed by atoms with Gasteiger partial charge < -0.3 is 14.7 Å². The van der Waals surface area contributed by atoms with Crippen LogP contribution in [0.5, 0.6) is 0 Å². The maximum absolute atomic E-state index is 13.3. The molecule has 0 aliphatic carbocycles. The van der Waals surface area contributed by atoms with Gasteiger partial charge in [-0.15, -0.1) is 0 Å². The van der Waals surface area contributed by atoms with Crippen molar-refractivity contribution in [2.24, 2.45) is 0 Å². The van der Waals surface area contributed by atoms with E-state index in [-0.39, 0.29) is 22.4 Å². The van der Waals surface area contributed by atoms with Gasteiger partial charge in [0.15, 0.2) is 9.84 Å². The summed E-state index contributed by atoms with van der Waals surface area (Å²) < 4.78 is 25.2. The molecule has 9 nitrogen and oxygen atoms in total. The first-order chi connectivity index (χ1) is 16.1. The van der Waals surface area contributed by atoms with E-state index in [1.807, 2.05) is 13.1 Å². The van der Waals surface area contributed by atoms with Gasteiger partial charge in [0, 0.05) is 64.5 Å². The summed E-state index contributed by atoms with van der Waals surface area (Å²) in [5.41, 5.74) is 2.92. The van der Waals surface area contributed by atoms with Crippen molar-refractivity contribution in [1.29, 1.82) is 0 Å². The molecule has 0 saturated carbocycles. The first kappa shape index (κ1) is 24.0. The molecule has 0 radical (unpaired) electrons. The maximum Gasteiger partial charge on any atom is 0.324 e. The third-order valence-electron chi connectivity index (χ3n) is 6.51. The molecule has 0 spiro atoms. The van der Waals surface area contributed by atoms with E-state index in [9.17, 15) is 18.0 Å². The monoisotopic (exact) mass is 485 g/mol. The number of carbonyl (C=O) groups is 2. The van der Waals surface area contributed by atoms with Gasteiger partial charge in [-0.25, -0.2) is 18.2 Å². The highest BCUT2D eigenvalue weighted by molar-refractivity contribution is 7.90. The summed E-state index contributed by atoms with van der Waals surface area (Å²) >= 11 is 0. The van der Waals surface area contributed by atoms with Crippen molar-refractivity contribution in [3.05, 3.63) is 47.2 Å². The van der Waals surface area contributed by atoms with Gasteiger partial charge in [-0.3, -0.25) is 9.69 Å². The number of urea groups is 1.